The van der Waals surface area contributed by atoms with Crippen LogP contribution >= 0.6 is 0 Å². The molecule has 5 nitrogen and oxygen atoms in total. The molecule has 7 heteroatoms. The number of nitrogens with one attached hydrogen (secondary N) is 1. The second kappa shape index (κ2) is 5.81. The van der Waals surface area contributed by atoms with Gasteiger partial charge in [0, 0.05) is 6.07 Å². The highest BCUT2D eigenvalue weighted by Crippen LogP contribution is 2.25. The third-order valence-electron chi connectivity index (χ3n) is 2.71. The van der Waals surface area contributed by atoms with Crippen molar-refractivity contribution in [3.05, 3.63) is 59.4 Å². The fourth-order valence-electron chi connectivity index (χ4n) is 1.75. The quantitative estimate of drug-likeness (QED) is 0.848. The Morgan fingerprint density at radius 2 is 1.95 bits per heavy atom. The summed E-state index contributed by atoms with van der Waals surface area (Å²) >= 11 is 0. The van der Waals surface area contributed by atoms with Crippen LogP contribution in [0, 0.1) is 17.1 Å². The van der Waals surface area contributed by atoms with Crippen LogP contribution < -0.4 is 4.72 Å². The molecule has 0 heterocycles. The second-order valence-corrected chi connectivity index (χ2v) is 6.01. The van der Waals surface area contributed by atoms with Gasteiger partial charge in [-0.2, -0.15) is 5.26 Å². The van der Waals surface area contributed by atoms with Crippen molar-refractivity contribution in [2.24, 2.45) is 0 Å². The second-order valence-electron chi connectivity index (χ2n) is 4.29. The Bertz CT molecular complexity index is 813. The van der Waals surface area contributed by atoms with E-state index in [4.69, 9.17) is 5.26 Å². The highest BCUT2D eigenvalue weighted by Gasteiger charge is 2.16. The van der Waals surface area contributed by atoms with Gasteiger partial charge in [0.1, 0.15) is 11.6 Å². The highest BCUT2D eigenvalue weighted by atomic mass is 32.2. The van der Waals surface area contributed by atoms with Crippen molar-refractivity contribution in [1.29, 1.82) is 5.26 Å². The highest BCUT2D eigenvalue weighted by molar-refractivity contribution is 7.91. The Morgan fingerprint density at radius 3 is 2.67 bits per heavy atom. The first-order chi connectivity index (χ1) is 9.91. The zero-order valence-corrected chi connectivity index (χ0v) is 11.6. The summed E-state index contributed by atoms with van der Waals surface area (Å²) < 4.78 is 39.3. The van der Waals surface area contributed by atoms with Gasteiger partial charge in [0.15, 0.2) is 0 Å². The van der Waals surface area contributed by atoms with Gasteiger partial charge in [-0.3, -0.25) is 4.72 Å². The van der Waals surface area contributed by atoms with Gasteiger partial charge in [-0.05, 0) is 23.8 Å². The van der Waals surface area contributed by atoms with E-state index in [-0.39, 0.29) is 17.0 Å². The molecule has 108 valence electrons. The molecular weight excluding hydrogens is 295 g/mol. The van der Waals surface area contributed by atoms with E-state index in [2.05, 4.69) is 4.72 Å². The number of hydrogen-bond donors (Lipinski definition) is 2. The lowest BCUT2D eigenvalue weighted by molar-refractivity contribution is 0.475. The van der Waals surface area contributed by atoms with Crippen LogP contribution in [-0.4, -0.2) is 13.5 Å². The molecule has 2 aromatic carbocycles. The van der Waals surface area contributed by atoms with Gasteiger partial charge in [-0.15, -0.1) is 0 Å². The fourth-order valence-corrected chi connectivity index (χ4v) is 2.99. The number of benzene rings is 2. The van der Waals surface area contributed by atoms with Crippen molar-refractivity contribution in [3.8, 4) is 11.8 Å². The summed E-state index contributed by atoms with van der Waals surface area (Å²) in [7, 11) is -3.89. The van der Waals surface area contributed by atoms with Crippen LogP contribution in [0.2, 0.25) is 0 Å². The number of aromatic hydroxyl groups is 1. The summed E-state index contributed by atoms with van der Waals surface area (Å²) in [5.74, 6) is -1.51. The summed E-state index contributed by atoms with van der Waals surface area (Å²) in [4.78, 5) is 0. The number of hydrogen-bond acceptors (Lipinski definition) is 4. The van der Waals surface area contributed by atoms with Gasteiger partial charge in [0.05, 0.1) is 23.1 Å². The first-order valence-corrected chi connectivity index (χ1v) is 7.53. The van der Waals surface area contributed by atoms with Gasteiger partial charge in [-0.1, -0.05) is 18.2 Å². The monoisotopic (exact) mass is 306 g/mol. The maximum Gasteiger partial charge on any atom is 0.237 e. The first-order valence-electron chi connectivity index (χ1n) is 5.88. The maximum atomic E-state index is 13.1. The van der Waals surface area contributed by atoms with Gasteiger partial charge >= 0.3 is 0 Å². The minimum Gasteiger partial charge on any atom is -0.506 e. The third kappa shape index (κ3) is 3.70. The van der Waals surface area contributed by atoms with Crippen molar-refractivity contribution in [2.75, 3.05) is 4.72 Å². The topological polar surface area (TPSA) is 90.2 Å². The van der Waals surface area contributed by atoms with Crippen LogP contribution in [-0.2, 0) is 15.8 Å². The summed E-state index contributed by atoms with van der Waals surface area (Å²) in [6.45, 7) is 0. The van der Waals surface area contributed by atoms with Crippen LogP contribution in [0.1, 0.15) is 11.1 Å². The molecule has 0 unspecified atom stereocenters. The van der Waals surface area contributed by atoms with E-state index in [1.807, 2.05) is 6.07 Å². The minimum atomic E-state index is -3.89. The standard InChI is InChI=1S/C14H11FN2O3S/c15-12-5-6-14(18)13(7-12)17-21(19,20)9-11-4-2-1-3-10(11)8-16/h1-7,17-18H,9H2. The number of phenols is 1. The summed E-state index contributed by atoms with van der Waals surface area (Å²) in [6, 6.07) is 11.1. The molecule has 2 aromatic rings. The lowest BCUT2D eigenvalue weighted by Gasteiger charge is -2.10. The molecular formula is C14H11FN2O3S. The van der Waals surface area contributed by atoms with E-state index in [0.29, 0.717) is 5.56 Å². The van der Waals surface area contributed by atoms with E-state index in [9.17, 15) is 17.9 Å². The van der Waals surface area contributed by atoms with Crippen molar-refractivity contribution in [2.45, 2.75) is 5.75 Å². The van der Waals surface area contributed by atoms with Gasteiger partial charge < -0.3 is 5.11 Å². The number of phenolic OH excluding ortho intramolecular Hbond substituents is 1. The molecule has 0 radical (unpaired) electrons. The minimum absolute atomic E-state index is 0.242. The van der Waals surface area contributed by atoms with Crippen molar-refractivity contribution < 1.29 is 17.9 Å². The molecule has 0 bridgehead atoms. The number of anilines is 1. The van der Waals surface area contributed by atoms with E-state index in [0.717, 1.165) is 18.2 Å². The SMILES string of the molecule is N#Cc1ccccc1CS(=O)(=O)Nc1cc(F)ccc1O. The van der Waals surface area contributed by atoms with E-state index in [1.165, 1.54) is 12.1 Å². The Morgan fingerprint density at radius 1 is 1.24 bits per heavy atom. The average Bonchev–Trinajstić information content (AvgIpc) is 2.43. The molecule has 0 atom stereocenters. The average molecular weight is 306 g/mol. The van der Waals surface area contributed by atoms with E-state index >= 15 is 0 Å². The molecule has 0 saturated carbocycles. The van der Waals surface area contributed by atoms with Crippen LogP contribution in [0.3, 0.4) is 0 Å². The lowest BCUT2D eigenvalue weighted by atomic mass is 10.1. The number of sulfonamides is 1. The number of nitrogens with zero attached hydrogens (tertiary/aromatic N) is 1. The molecule has 0 spiro atoms. The van der Waals surface area contributed by atoms with Crippen LogP contribution in [0.5, 0.6) is 5.75 Å². The Hall–Kier alpha value is -2.59. The van der Waals surface area contributed by atoms with Gasteiger partial charge in [0.2, 0.25) is 10.0 Å². The number of nitriles is 1. The maximum absolute atomic E-state index is 13.1. The Kier molecular flexibility index (Phi) is 4.10. The zero-order chi connectivity index (χ0) is 15.5. The Balaban J connectivity index is 2.27. The van der Waals surface area contributed by atoms with Crippen molar-refractivity contribution >= 4 is 15.7 Å². The molecule has 2 rings (SSSR count). The number of halogens is 1. The molecule has 2 N–H and O–H groups in total. The molecule has 0 saturated heterocycles. The molecule has 0 aliphatic heterocycles. The number of rotatable bonds is 4. The molecule has 0 aromatic heterocycles. The molecule has 0 amide bonds. The normalized spacial score (nSPS) is 10.9. The zero-order valence-electron chi connectivity index (χ0n) is 10.7. The molecule has 0 aliphatic rings. The summed E-state index contributed by atoms with van der Waals surface area (Å²) in [5.41, 5.74) is 0.319. The predicted octanol–water partition coefficient (Wildman–Crippen LogP) is 2.34. The first kappa shape index (κ1) is 14.8. The van der Waals surface area contributed by atoms with Crippen LogP contribution in [0.15, 0.2) is 42.5 Å². The smallest absolute Gasteiger partial charge is 0.237 e. The Labute approximate surface area is 121 Å². The third-order valence-corrected chi connectivity index (χ3v) is 3.93. The lowest BCUT2D eigenvalue weighted by Crippen LogP contribution is -2.16. The molecule has 0 fully saturated rings. The largest absolute Gasteiger partial charge is 0.506 e. The van der Waals surface area contributed by atoms with Crippen LogP contribution in [0.4, 0.5) is 10.1 Å². The summed E-state index contributed by atoms with van der Waals surface area (Å²) in [6.07, 6.45) is 0. The van der Waals surface area contributed by atoms with Crippen molar-refractivity contribution in [1.82, 2.24) is 0 Å². The van der Waals surface area contributed by atoms with E-state index in [1.54, 1.807) is 12.1 Å². The molecule has 0 aliphatic carbocycles. The van der Waals surface area contributed by atoms with Gasteiger partial charge in [0.25, 0.3) is 0 Å². The van der Waals surface area contributed by atoms with Gasteiger partial charge in [-0.25, -0.2) is 12.8 Å². The van der Waals surface area contributed by atoms with Crippen LogP contribution in [0.25, 0.3) is 0 Å². The fraction of sp³-hybridized carbons (Fsp3) is 0.0714. The summed E-state index contributed by atoms with van der Waals surface area (Å²) in [5, 5.41) is 18.4. The molecule has 21 heavy (non-hydrogen) atoms. The van der Waals surface area contributed by atoms with Crippen molar-refractivity contribution in [3.63, 3.8) is 0 Å². The predicted molar refractivity (Wildman–Crippen MR) is 75.5 cm³/mol. The van der Waals surface area contributed by atoms with E-state index < -0.39 is 21.6 Å².